The van der Waals surface area contributed by atoms with E-state index in [9.17, 15) is 18.0 Å². The number of carbonyl (C=O) groups excluding carboxylic acids is 1. The molecule has 0 radical (unpaired) electrons. The number of allylic oxidation sites excluding steroid dienone is 1. The van der Waals surface area contributed by atoms with E-state index in [0.717, 1.165) is 17.7 Å². The molecule has 4 rings (SSSR count). The van der Waals surface area contributed by atoms with E-state index in [-0.39, 0.29) is 5.91 Å². The number of para-hydroxylation sites is 1. The molecule has 2 aromatic carbocycles. The molecule has 1 aromatic heterocycles. The lowest BCUT2D eigenvalue weighted by atomic mass is 9.94. The Balaban J connectivity index is 1.76. The van der Waals surface area contributed by atoms with Crippen LogP contribution in [0, 0.1) is 6.92 Å². The summed E-state index contributed by atoms with van der Waals surface area (Å²) in [5.74, 6) is 0.0326. The zero-order valence-electron chi connectivity index (χ0n) is 16.2. The average Bonchev–Trinajstić information content (AvgIpc) is 3.16. The predicted molar refractivity (Wildman–Crippen MR) is 106 cm³/mol. The minimum atomic E-state index is -4.44. The summed E-state index contributed by atoms with van der Waals surface area (Å²) in [5, 5.41) is 10.1. The number of anilines is 2. The first-order valence-corrected chi connectivity index (χ1v) is 9.17. The Labute approximate surface area is 170 Å². The van der Waals surface area contributed by atoms with Crippen molar-refractivity contribution >= 4 is 17.5 Å². The van der Waals surface area contributed by atoms with Gasteiger partial charge in [-0.25, -0.2) is 4.68 Å². The second-order valence-electron chi connectivity index (χ2n) is 6.98. The molecule has 9 heteroatoms. The third kappa shape index (κ3) is 3.54. The van der Waals surface area contributed by atoms with Crippen molar-refractivity contribution in [2.45, 2.75) is 26.1 Å². The monoisotopic (exact) mass is 413 g/mol. The van der Waals surface area contributed by atoms with Gasteiger partial charge in [0, 0.05) is 11.4 Å². The number of fused-ring (bicyclic) bond motifs is 1. The highest BCUT2D eigenvalue weighted by atomic mass is 19.4. The third-order valence-corrected chi connectivity index (χ3v) is 4.99. The summed E-state index contributed by atoms with van der Waals surface area (Å²) in [6.45, 7) is 3.60. The maximum absolute atomic E-state index is 13.2. The highest BCUT2D eigenvalue weighted by molar-refractivity contribution is 6.06. The van der Waals surface area contributed by atoms with Crippen molar-refractivity contribution in [3.05, 3.63) is 82.8 Å². The van der Waals surface area contributed by atoms with E-state index in [1.807, 2.05) is 25.1 Å². The van der Waals surface area contributed by atoms with Crippen LogP contribution in [0.15, 0.2) is 66.1 Å². The first-order chi connectivity index (χ1) is 14.3. The van der Waals surface area contributed by atoms with E-state index in [1.54, 1.807) is 13.0 Å². The minimum Gasteiger partial charge on any atom is -0.328 e. The van der Waals surface area contributed by atoms with Gasteiger partial charge in [0.25, 0.3) is 5.91 Å². The summed E-state index contributed by atoms with van der Waals surface area (Å²) in [7, 11) is 0. The molecule has 0 saturated heterocycles. The van der Waals surface area contributed by atoms with Crippen molar-refractivity contribution in [1.29, 1.82) is 0 Å². The molecular weight excluding hydrogens is 395 g/mol. The normalized spacial score (nSPS) is 16.1. The van der Waals surface area contributed by atoms with Crippen molar-refractivity contribution in [1.82, 2.24) is 14.8 Å². The number of aryl methyl sites for hydroxylation is 1. The van der Waals surface area contributed by atoms with Crippen molar-refractivity contribution in [3.63, 3.8) is 0 Å². The number of rotatable bonds is 3. The number of carbonyl (C=O) groups is 1. The van der Waals surface area contributed by atoms with Crippen LogP contribution in [0.4, 0.5) is 24.8 Å². The Bertz CT molecular complexity index is 1130. The van der Waals surface area contributed by atoms with E-state index >= 15 is 0 Å². The molecule has 1 aliphatic rings. The number of hydrogen-bond donors (Lipinski definition) is 2. The molecule has 30 heavy (non-hydrogen) atoms. The molecule has 2 heterocycles. The number of nitrogens with one attached hydrogen (secondary N) is 2. The molecule has 0 aliphatic carbocycles. The van der Waals surface area contributed by atoms with Crippen LogP contribution in [-0.4, -0.2) is 20.7 Å². The van der Waals surface area contributed by atoms with Gasteiger partial charge in [0.05, 0.1) is 11.1 Å². The Morgan fingerprint density at radius 3 is 2.47 bits per heavy atom. The highest BCUT2D eigenvalue weighted by Crippen LogP contribution is 2.37. The van der Waals surface area contributed by atoms with Crippen molar-refractivity contribution < 1.29 is 18.0 Å². The fourth-order valence-corrected chi connectivity index (χ4v) is 3.45. The summed E-state index contributed by atoms with van der Waals surface area (Å²) in [4.78, 5) is 17.3. The van der Waals surface area contributed by atoms with E-state index < -0.39 is 17.8 Å². The zero-order chi connectivity index (χ0) is 21.5. The van der Waals surface area contributed by atoms with Crippen LogP contribution in [0.5, 0.6) is 0 Å². The molecule has 1 amide bonds. The largest absolute Gasteiger partial charge is 0.416 e. The molecule has 0 saturated carbocycles. The number of nitrogens with zero attached hydrogens (tertiary/aromatic N) is 3. The lowest BCUT2D eigenvalue weighted by molar-refractivity contribution is -0.137. The quantitative estimate of drug-likeness (QED) is 0.662. The number of amides is 1. The molecule has 1 atom stereocenters. The fourth-order valence-electron chi connectivity index (χ4n) is 3.45. The Morgan fingerprint density at radius 1 is 1.10 bits per heavy atom. The van der Waals surface area contributed by atoms with Crippen LogP contribution in [0.3, 0.4) is 0 Å². The molecule has 3 aromatic rings. The second-order valence-corrected chi connectivity index (χ2v) is 6.98. The number of halogens is 3. The lowest BCUT2D eigenvalue weighted by Crippen LogP contribution is -2.31. The van der Waals surface area contributed by atoms with Crippen molar-refractivity contribution in [2.24, 2.45) is 0 Å². The molecule has 0 bridgehead atoms. The Hall–Kier alpha value is -3.62. The summed E-state index contributed by atoms with van der Waals surface area (Å²) in [6.07, 6.45) is -3.11. The van der Waals surface area contributed by atoms with Gasteiger partial charge in [-0.3, -0.25) is 4.79 Å². The van der Waals surface area contributed by atoms with Gasteiger partial charge in [-0.2, -0.15) is 23.3 Å². The molecule has 2 N–H and O–H groups in total. The molecule has 6 nitrogen and oxygen atoms in total. The fraction of sp³-hybridized carbons (Fsp3) is 0.190. The summed E-state index contributed by atoms with van der Waals surface area (Å²) in [6, 6.07) is 11.3. The number of benzene rings is 2. The molecule has 1 aliphatic heterocycles. The van der Waals surface area contributed by atoms with E-state index in [0.29, 0.717) is 28.5 Å². The van der Waals surface area contributed by atoms with Crippen molar-refractivity contribution in [3.8, 4) is 0 Å². The second kappa shape index (κ2) is 7.33. The van der Waals surface area contributed by atoms with Crippen LogP contribution in [0.1, 0.15) is 29.7 Å². The standard InChI is InChI=1S/C21H18F3N5O/c1-12-5-3-4-6-16(12)28-19(30)17-13(2)27-20-25-11-26-29(20)18(17)14-7-9-15(10-8-14)21(22,23)24/h3-11,18H,1-2H3,(H,28,30)(H,25,26,27). The van der Waals surface area contributed by atoms with Gasteiger partial charge in [-0.05, 0) is 43.2 Å². The smallest absolute Gasteiger partial charge is 0.328 e. The number of alkyl halides is 3. The van der Waals surface area contributed by atoms with Crippen LogP contribution in [-0.2, 0) is 11.0 Å². The average molecular weight is 413 g/mol. The summed E-state index contributed by atoms with van der Waals surface area (Å²) >= 11 is 0. The first kappa shape index (κ1) is 19.7. The molecule has 0 fully saturated rings. The lowest BCUT2D eigenvalue weighted by Gasteiger charge is -2.29. The highest BCUT2D eigenvalue weighted by Gasteiger charge is 2.35. The van der Waals surface area contributed by atoms with Gasteiger partial charge in [-0.15, -0.1) is 0 Å². The van der Waals surface area contributed by atoms with E-state index in [2.05, 4.69) is 20.7 Å². The first-order valence-electron chi connectivity index (χ1n) is 9.17. The van der Waals surface area contributed by atoms with Gasteiger partial charge < -0.3 is 10.6 Å². The van der Waals surface area contributed by atoms with Crippen LogP contribution < -0.4 is 10.6 Å². The maximum atomic E-state index is 13.2. The van der Waals surface area contributed by atoms with E-state index in [1.165, 1.54) is 23.1 Å². The maximum Gasteiger partial charge on any atom is 0.416 e. The van der Waals surface area contributed by atoms with E-state index in [4.69, 9.17) is 0 Å². The number of hydrogen-bond acceptors (Lipinski definition) is 4. The zero-order valence-corrected chi connectivity index (χ0v) is 16.2. The third-order valence-electron chi connectivity index (χ3n) is 4.99. The van der Waals surface area contributed by atoms with Gasteiger partial charge in [0.15, 0.2) is 0 Å². The summed E-state index contributed by atoms with van der Waals surface area (Å²) < 4.78 is 40.5. The SMILES string of the molecule is CC1=C(C(=O)Nc2ccccc2C)C(c2ccc(C(F)(F)F)cc2)n2ncnc2N1. The topological polar surface area (TPSA) is 71.8 Å². The van der Waals surface area contributed by atoms with Crippen molar-refractivity contribution in [2.75, 3.05) is 10.6 Å². The molecular formula is C21H18F3N5O. The predicted octanol–water partition coefficient (Wildman–Crippen LogP) is 4.53. The molecule has 1 unspecified atom stereocenters. The van der Waals surface area contributed by atoms with Gasteiger partial charge in [-0.1, -0.05) is 30.3 Å². The number of aromatic nitrogens is 3. The Morgan fingerprint density at radius 2 is 1.80 bits per heavy atom. The van der Waals surface area contributed by atoms with Gasteiger partial charge in [0.2, 0.25) is 5.95 Å². The van der Waals surface area contributed by atoms with Crippen LogP contribution >= 0.6 is 0 Å². The Kier molecular flexibility index (Phi) is 4.81. The summed E-state index contributed by atoms with van der Waals surface area (Å²) in [5.41, 5.74) is 2.16. The van der Waals surface area contributed by atoms with Crippen LogP contribution in [0.2, 0.25) is 0 Å². The van der Waals surface area contributed by atoms with Gasteiger partial charge in [0.1, 0.15) is 12.4 Å². The minimum absolute atomic E-state index is 0.344. The molecule has 154 valence electrons. The van der Waals surface area contributed by atoms with Gasteiger partial charge >= 0.3 is 6.18 Å². The molecule has 0 spiro atoms. The van der Waals surface area contributed by atoms with Crippen LogP contribution in [0.25, 0.3) is 0 Å².